The summed E-state index contributed by atoms with van der Waals surface area (Å²) in [5.41, 5.74) is 0.583. The number of aromatic nitrogens is 2. The molecule has 1 aromatic heterocycles. The van der Waals surface area contributed by atoms with Crippen LogP contribution in [0.25, 0.3) is 0 Å². The first-order chi connectivity index (χ1) is 7.00. The highest BCUT2D eigenvalue weighted by Gasteiger charge is 2.20. The van der Waals surface area contributed by atoms with Crippen LogP contribution in [0.2, 0.25) is 0 Å². The Kier molecular flexibility index (Phi) is 3.73. The molecule has 0 aliphatic heterocycles. The van der Waals surface area contributed by atoms with Gasteiger partial charge >= 0.3 is 5.97 Å². The van der Waals surface area contributed by atoms with Crippen molar-refractivity contribution in [2.75, 3.05) is 0 Å². The third-order valence-electron chi connectivity index (χ3n) is 1.78. The first-order valence-corrected chi connectivity index (χ1v) is 4.66. The fourth-order valence-electron chi connectivity index (χ4n) is 1.11. The fourth-order valence-corrected chi connectivity index (χ4v) is 1.33. The van der Waals surface area contributed by atoms with Crippen molar-refractivity contribution in [3.8, 4) is 0 Å². The average molecular weight is 229 g/mol. The molecule has 0 aliphatic carbocycles. The van der Waals surface area contributed by atoms with Gasteiger partial charge in [0.25, 0.3) is 0 Å². The number of aliphatic carboxylic acids is 1. The second-order valence-corrected chi connectivity index (χ2v) is 3.42. The van der Waals surface area contributed by atoms with Gasteiger partial charge in [-0.3, -0.25) is 4.79 Å². The number of thiol groups is 1. The molecule has 3 N–H and O–H groups in total. The van der Waals surface area contributed by atoms with E-state index in [1.165, 1.54) is 13.3 Å². The largest absolute Gasteiger partial charge is 0.480 e. The predicted octanol–water partition coefficient (Wildman–Crippen LogP) is -0.170. The van der Waals surface area contributed by atoms with Gasteiger partial charge in [0.15, 0.2) is 0 Å². The van der Waals surface area contributed by atoms with E-state index in [-0.39, 0.29) is 12.3 Å². The minimum Gasteiger partial charge on any atom is -0.480 e. The Morgan fingerprint density at radius 3 is 2.80 bits per heavy atom. The molecule has 15 heavy (non-hydrogen) atoms. The molecule has 1 amide bonds. The van der Waals surface area contributed by atoms with Crippen LogP contribution in [0.5, 0.6) is 0 Å². The number of nitrogens with one attached hydrogen (secondary N) is 2. The van der Waals surface area contributed by atoms with Gasteiger partial charge in [-0.05, 0) is 0 Å². The number of carbonyl (C=O) groups is 2. The number of rotatable bonds is 4. The molecule has 1 aromatic rings. The molecule has 0 aromatic carbocycles. The van der Waals surface area contributed by atoms with E-state index in [9.17, 15) is 9.59 Å². The quantitative estimate of drug-likeness (QED) is 0.539. The summed E-state index contributed by atoms with van der Waals surface area (Å²) in [5, 5.41) is 11.6. The highest BCUT2D eigenvalue weighted by Crippen LogP contribution is 2.09. The van der Waals surface area contributed by atoms with E-state index >= 15 is 0 Å². The Bertz CT molecular complexity index is 377. The Labute approximate surface area is 91.5 Å². The van der Waals surface area contributed by atoms with E-state index in [4.69, 9.17) is 5.11 Å². The number of aromatic amines is 1. The van der Waals surface area contributed by atoms with Crippen LogP contribution in [0.1, 0.15) is 12.6 Å². The summed E-state index contributed by atoms with van der Waals surface area (Å²) >= 11 is 4.03. The van der Waals surface area contributed by atoms with E-state index < -0.39 is 12.0 Å². The Balaban J connectivity index is 2.71. The van der Waals surface area contributed by atoms with Crippen LogP contribution < -0.4 is 5.32 Å². The molecule has 0 radical (unpaired) electrons. The molecule has 0 saturated heterocycles. The lowest BCUT2D eigenvalue weighted by Gasteiger charge is -2.11. The van der Waals surface area contributed by atoms with Gasteiger partial charge in [-0.2, -0.15) is 0 Å². The predicted molar refractivity (Wildman–Crippen MR) is 54.8 cm³/mol. The minimum atomic E-state index is -1.09. The molecule has 1 atom stereocenters. The Hall–Kier alpha value is -1.50. The molecule has 0 spiro atoms. The molecule has 0 saturated carbocycles. The standard InChI is InChI=1S/C8H11N3O3S/c1-4(12)11-6(8(13)14)2-5-7(15)10-3-9-5/h3,6,15H,2H2,1H3,(H,9,10)(H,11,12)(H,13,14). The number of H-pyrrole nitrogens is 1. The van der Waals surface area contributed by atoms with Crippen LogP contribution in [0, 0.1) is 0 Å². The van der Waals surface area contributed by atoms with Crippen molar-refractivity contribution in [2.24, 2.45) is 0 Å². The van der Waals surface area contributed by atoms with E-state index in [1.807, 2.05) is 0 Å². The molecular formula is C8H11N3O3S. The van der Waals surface area contributed by atoms with Gasteiger partial charge in [0, 0.05) is 13.3 Å². The summed E-state index contributed by atoms with van der Waals surface area (Å²) in [5.74, 6) is -1.48. The number of carboxylic acid groups (broad SMARTS) is 1. The number of carbonyl (C=O) groups excluding carboxylic acids is 1. The van der Waals surface area contributed by atoms with Gasteiger partial charge in [0.1, 0.15) is 11.1 Å². The van der Waals surface area contributed by atoms with Crippen molar-refractivity contribution < 1.29 is 14.7 Å². The van der Waals surface area contributed by atoms with Crippen molar-refractivity contribution in [2.45, 2.75) is 24.4 Å². The molecule has 1 unspecified atom stereocenters. The normalized spacial score (nSPS) is 12.1. The summed E-state index contributed by atoms with van der Waals surface area (Å²) in [6.07, 6.45) is 1.55. The summed E-state index contributed by atoms with van der Waals surface area (Å²) in [6.45, 7) is 1.27. The van der Waals surface area contributed by atoms with E-state index in [1.54, 1.807) is 0 Å². The van der Waals surface area contributed by atoms with Gasteiger partial charge in [0.2, 0.25) is 5.91 Å². The van der Waals surface area contributed by atoms with Crippen molar-refractivity contribution in [3.63, 3.8) is 0 Å². The SMILES string of the molecule is CC(=O)NC(Cc1[nH]cnc1S)C(=O)O. The second kappa shape index (κ2) is 4.83. The molecular weight excluding hydrogens is 218 g/mol. The summed E-state index contributed by atoms with van der Waals surface area (Å²) < 4.78 is 0. The average Bonchev–Trinajstić information content (AvgIpc) is 2.50. The van der Waals surface area contributed by atoms with Gasteiger partial charge in [-0.25, -0.2) is 9.78 Å². The van der Waals surface area contributed by atoms with Crippen molar-refractivity contribution in [1.82, 2.24) is 15.3 Å². The van der Waals surface area contributed by atoms with Crippen LogP contribution in [0.4, 0.5) is 0 Å². The number of carboxylic acids is 1. The third-order valence-corrected chi connectivity index (χ3v) is 2.16. The monoisotopic (exact) mass is 229 g/mol. The summed E-state index contributed by atoms with van der Waals surface area (Å²) in [6, 6.07) is -0.964. The number of hydrogen-bond acceptors (Lipinski definition) is 4. The smallest absolute Gasteiger partial charge is 0.326 e. The second-order valence-electron chi connectivity index (χ2n) is 3.00. The first-order valence-electron chi connectivity index (χ1n) is 4.22. The molecule has 6 nitrogen and oxygen atoms in total. The molecule has 82 valence electrons. The maximum Gasteiger partial charge on any atom is 0.326 e. The number of imidazole rings is 1. The molecule has 1 heterocycles. The topological polar surface area (TPSA) is 95.1 Å². The first kappa shape index (κ1) is 11.6. The lowest BCUT2D eigenvalue weighted by atomic mass is 10.1. The minimum absolute atomic E-state index is 0.133. The van der Waals surface area contributed by atoms with Crippen LogP contribution in [-0.4, -0.2) is 33.0 Å². The molecule has 0 bridgehead atoms. The van der Waals surface area contributed by atoms with Gasteiger partial charge < -0.3 is 15.4 Å². The lowest BCUT2D eigenvalue weighted by Crippen LogP contribution is -2.41. The van der Waals surface area contributed by atoms with E-state index in [0.29, 0.717) is 10.7 Å². The molecule has 1 rings (SSSR count). The zero-order valence-electron chi connectivity index (χ0n) is 8.02. The molecule has 7 heteroatoms. The van der Waals surface area contributed by atoms with Crippen LogP contribution in [0.15, 0.2) is 11.4 Å². The summed E-state index contributed by atoms with van der Waals surface area (Å²) in [7, 11) is 0. The van der Waals surface area contributed by atoms with Crippen LogP contribution in [0.3, 0.4) is 0 Å². The highest BCUT2D eigenvalue weighted by atomic mass is 32.1. The van der Waals surface area contributed by atoms with Crippen molar-refractivity contribution in [3.05, 3.63) is 12.0 Å². The van der Waals surface area contributed by atoms with Crippen LogP contribution >= 0.6 is 12.6 Å². The number of nitrogens with zero attached hydrogens (tertiary/aromatic N) is 1. The van der Waals surface area contributed by atoms with Gasteiger partial charge in [-0.1, -0.05) is 0 Å². The number of hydrogen-bond donors (Lipinski definition) is 4. The number of amides is 1. The zero-order chi connectivity index (χ0) is 11.4. The van der Waals surface area contributed by atoms with E-state index in [0.717, 1.165) is 0 Å². The zero-order valence-corrected chi connectivity index (χ0v) is 8.91. The lowest BCUT2D eigenvalue weighted by molar-refractivity contribution is -0.141. The Morgan fingerprint density at radius 1 is 1.73 bits per heavy atom. The van der Waals surface area contributed by atoms with Crippen molar-refractivity contribution >= 4 is 24.5 Å². The van der Waals surface area contributed by atoms with Crippen molar-refractivity contribution in [1.29, 1.82) is 0 Å². The van der Waals surface area contributed by atoms with Gasteiger partial charge in [0.05, 0.1) is 12.0 Å². The van der Waals surface area contributed by atoms with E-state index in [2.05, 4.69) is 27.9 Å². The molecule has 0 aliphatic rings. The third kappa shape index (κ3) is 3.28. The van der Waals surface area contributed by atoms with Crippen LogP contribution in [-0.2, 0) is 16.0 Å². The highest BCUT2D eigenvalue weighted by molar-refractivity contribution is 7.80. The fraction of sp³-hybridized carbons (Fsp3) is 0.375. The molecule has 0 fully saturated rings. The maximum atomic E-state index is 10.8. The van der Waals surface area contributed by atoms with Gasteiger partial charge in [-0.15, -0.1) is 12.6 Å². The Morgan fingerprint density at radius 2 is 2.40 bits per heavy atom. The maximum absolute atomic E-state index is 10.8. The summed E-state index contributed by atoms with van der Waals surface area (Å²) in [4.78, 5) is 28.1.